The molecule has 0 heterocycles. The number of carbonyl (C=O) groups excluding carboxylic acids is 2. The highest BCUT2D eigenvalue weighted by molar-refractivity contribution is 6.07. The topological polar surface area (TPSA) is 219 Å². The lowest BCUT2D eigenvalue weighted by Gasteiger charge is -2.21. The number of rotatable bonds is 4. The zero-order valence-corrected chi connectivity index (χ0v) is 10.9. The second-order valence-corrected chi connectivity index (χ2v) is 3.91. The van der Waals surface area contributed by atoms with Gasteiger partial charge in [-0.1, -0.05) is 0 Å². The normalized spacial score (nSPS) is 9.91. The third kappa shape index (κ3) is 3.02. The predicted octanol–water partition coefficient (Wildman–Crippen LogP) is -1.40. The summed E-state index contributed by atoms with van der Waals surface area (Å²) in [6, 6.07) is -0.999. The number of nitrogens with zero attached hydrogens (tertiary/aromatic N) is 2. The van der Waals surface area contributed by atoms with Crippen molar-refractivity contribution in [1.29, 1.82) is 0 Å². The van der Waals surface area contributed by atoms with E-state index >= 15 is 0 Å². The van der Waals surface area contributed by atoms with Crippen molar-refractivity contribution >= 4 is 35.4 Å². The molecule has 12 heteroatoms. The van der Waals surface area contributed by atoms with Gasteiger partial charge in [0.15, 0.2) is 0 Å². The molecule has 0 radical (unpaired) electrons. The van der Waals surface area contributed by atoms with E-state index in [1.54, 1.807) is 0 Å². The summed E-state index contributed by atoms with van der Waals surface area (Å²) in [5.74, 6) is 7.46. The SMILES string of the molecule is NC(=O)N(N)c1cc(C(=O)O)c(N(N)C(N)=O)cc1C(=O)O. The molecule has 10 N–H and O–H groups in total. The second kappa shape index (κ2) is 5.94. The molecule has 118 valence electrons. The molecule has 0 aromatic heterocycles. The van der Waals surface area contributed by atoms with E-state index in [4.69, 9.17) is 33.4 Å². The number of hydrogen-bond acceptors (Lipinski definition) is 6. The van der Waals surface area contributed by atoms with Gasteiger partial charge < -0.3 is 21.7 Å². The summed E-state index contributed by atoms with van der Waals surface area (Å²) < 4.78 is 0. The molecule has 0 atom stereocenters. The van der Waals surface area contributed by atoms with Gasteiger partial charge in [0, 0.05) is 0 Å². The Labute approximate surface area is 122 Å². The van der Waals surface area contributed by atoms with Gasteiger partial charge >= 0.3 is 24.0 Å². The number of carboxylic acids is 2. The average Bonchev–Trinajstić information content (AvgIpc) is 2.43. The zero-order valence-electron chi connectivity index (χ0n) is 10.9. The number of carbonyl (C=O) groups is 4. The third-order valence-electron chi connectivity index (χ3n) is 2.57. The first-order valence-electron chi connectivity index (χ1n) is 5.41. The number of amides is 4. The molecule has 0 aliphatic heterocycles. The van der Waals surface area contributed by atoms with Crippen molar-refractivity contribution in [1.82, 2.24) is 0 Å². The monoisotopic (exact) mass is 312 g/mol. The van der Waals surface area contributed by atoms with Crippen LogP contribution in [-0.2, 0) is 0 Å². The third-order valence-corrected chi connectivity index (χ3v) is 2.57. The first-order chi connectivity index (χ1) is 10.1. The summed E-state index contributed by atoms with van der Waals surface area (Å²) >= 11 is 0. The molecular weight excluding hydrogens is 300 g/mol. The lowest BCUT2D eigenvalue weighted by atomic mass is 10.1. The maximum Gasteiger partial charge on any atom is 0.337 e. The van der Waals surface area contributed by atoms with Crippen LogP contribution in [0.5, 0.6) is 0 Å². The summed E-state index contributed by atoms with van der Waals surface area (Å²) in [6.07, 6.45) is 0. The Balaban J connectivity index is 3.72. The standard InChI is InChI=1S/C10H12N6O6/c11-9(21)15(13)5-1-3(7(17)18)6(16(14)10(12)22)2-4(5)8(19)20/h1-2H,13-14H2,(H2,11,21)(H2,12,22)(H,17,18)(H,19,20). The number of hydrazine groups is 2. The Bertz CT molecular complexity index is 616. The molecule has 0 spiro atoms. The molecule has 0 saturated heterocycles. The highest BCUT2D eigenvalue weighted by Crippen LogP contribution is 2.29. The van der Waals surface area contributed by atoms with Crippen LogP contribution < -0.4 is 33.2 Å². The Hall–Kier alpha value is -3.38. The van der Waals surface area contributed by atoms with Crippen molar-refractivity contribution in [2.24, 2.45) is 23.2 Å². The molecule has 0 aliphatic carbocycles. The smallest absolute Gasteiger partial charge is 0.337 e. The lowest BCUT2D eigenvalue weighted by Crippen LogP contribution is -2.44. The van der Waals surface area contributed by atoms with Crippen molar-refractivity contribution in [3.05, 3.63) is 23.3 Å². The van der Waals surface area contributed by atoms with E-state index in [0.29, 0.717) is 0 Å². The number of nitrogens with two attached hydrogens (primary N) is 4. The van der Waals surface area contributed by atoms with Gasteiger partial charge in [-0.25, -0.2) is 40.9 Å². The van der Waals surface area contributed by atoms with E-state index in [0.717, 1.165) is 12.1 Å². The Morgan fingerprint density at radius 2 is 1.05 bits per heavy atom. The van der Waals surface area contributed by atoms with Gasteiger partial charge in [-0.05, 0) is 12.1 Å². The Morgan fingerprint density at radius 1 is 0.773 bits per heavy atom. The van der Waals surface area contributed by atoms with E-state index in [2.05, 4.69) is 0 Å². The maximum absolute atomic E-state index is 11.2. The number of primary amides is 2. The fourth-order valence-electron chi connectivity index (χ4n) is 1.56. The highest BCUT2D eigenvalue weighted by atomic mass is 16.4. The number of carboxylic acid groups (broad SMARTS) is 2. The van der Waals surface area contributed by atoms with Gasteiger partial charge in [0.05, 0.1) is 22.5 Å². The molecule has 12 nitrogen and oxygen atoms in total. The summed E-state index contributed by atoms with van der Waals surface area (Å²) in [4.78, 5) is 44.5. The predicted molar refractivity (Wildman–Crippen MR) is 72.9 cm³/mol. The molecule has 1 aromatic carbocycles. The maximum atomic E-state index is 11.2. The van der Waals surface area contributed by atoms with E-state index in [1.165, 1.54) is 0 Å². The number of urea groups is 2. The van der Waals surface area contributed by atoms with Crippen molar-refractivity contribution in [3.63, 3.8) is 0 Å². The minimum atomic E-state index is -1.57. The van der Waals surface area contributed by atoms with E-state index in [9.17, 15) is 19.2 Å². The van der Waals surface area contributed by atoms with Gasteiger partial charge in [-0.3, -0.25) is 0 Å². The fraction of sp³-hybridized carbons (Fsp3) is 0. The van der Waals surface area contributed by atoms with Crippen molar-refractivity contribution < 1.29 is 29.4 Å². The number of hydrogen-bond donors (Lipinski definition) is 6. The van der Waals surface area contributed by atoms with Crippen molar-refractivity contribution in [3.8, 4) is 0 Å². The number of aromatic carboxylic acids is 2. The van der Waals surface area contributed by atoms with Gasteiger partial charge in [0.2, 0.25) is 0 Å². The zero-order chi connectivity index (χ0) is 17.2. The van der Waals surface area contributed by atoms with Gasteiger partial charge in [0.25, 0.3) is 0 Å². The highest BCUT2D eigenvalue weighted by Gasteiger charge is 2.26. The summed E-state index contributed by atoms with van der Waals surface area (Å²) in [6.45, 7) is 0. The Morgan fingerprint density at radius 3 is 1.23 bits per heavy atom. The quantitative estimate of drug-likeness (QED) is 0.220. The molecule has 0 fully saturated rings. The summed E-state index contributed by atoms with van der Waals surface area (Å²) in [5, 5.41) is 18.7. The first kappa shape index (κ1) is 16.7. The lowest BCUT2D eigenvalue weighted by molar-refractivity contribution is 0.0682. The van der Waals surface area contributed by atoms with Crippen molar-refractivity contribution in [2.75, 3.05) is 10.0 Å². The van der Waals surface area contributed by atoms with Crippen LogP contribution in [0.1, 0.15) is 20.7 Å². The van der Waals surface area contributed by atoms with Gasteiger partial charge in [0.1, 0.15) is 0 Å². The molecule has 0 saturated carbocycles. The number of benzene rings is 1. The minimum Gasteiger partial charge on any atom is -0.478 e. The summed E-state index contributed by atoms with van der Waals surface area (Å²) in [5.41, 5.74) is 7.62. The molecule has 0 aliphatic rings. The first-order valence-corrected chi connectivity index (χ1v) is 5.41. The second-order valence-electron chi connectivity index (χ2n) is 3.91. The van der Waals surface area contributed by atoms with Crippen molar-refractivity contribution in [2.45, 2.75) is 0 Å². The van der Waals surface area contributed by atoms with E-state index < -0.39 is 46.5 Å². The number of anilines is 2. The van der Waals surface area contributed by atoms with E-state index in [1.807, 2.05) is 0 Å². The van der Waals surface area contributed by atoms with Crippen LogP contribution in [0.15, 0.2) is 12.1 Å². The van der Waals surface area contributed by atoms with Crippen LogP contribution in [0, 0.1) is 0 Å². The molecule has 0 unspecified atom stereocenters. The molecule has 0 bridgehead atoms. The molecule has 22 heavy (non-hydrogen) atoms. The molecule has 4 amide bonds. The van der Waals surface area contributed by atoms with Crippen LogP contribution in [-0.4, -0.2) is 34.2 Å². The molecule has 1 rings (SSSR count). The average molecular weight is 312 g/mol. The molecule has 1 aromatic rings. The fourth-order valence-corrected chi connectivity index (χ4v) is 1.56. The van der Waals surface area contributed by atoms with Gasteiger partial charge in [-0.2, -0.15) is 0 Å². The van der Waals surface area contributed by atoms with E-state index in [-0.39, 0.29) is 10.0 Å². The molecular formula is C10H12N6O6. The van der Waals surface area contributed by atoms with Crippen LogP contribution >= 0.6 is 0 Å². The largest absolute Gasteiger partial charge is 0.478 e. The Kier molecular flexibility index (Phi) is 4.50. The summed E-state index contributed by atoms with van der Waals surface area (Å²) in [7, 11) is 0. The van der Waals surface area contributed by atoms with Crippen LogP contribution in [0.25, 0.3) is 0 Å². The van der Waals surface area contributed by atoms with Crippen LogP contribution in [0.2, 0.25) is 0 Å². The van der Waals surface area contributed by atoms with Gasteiger partial charge in [-0.15, -0.1) is 0 Å². The van der Waals surface area contributed by atoms with Crippen LogP contribution in [0.4, 0.5) is 21.0 Å². The van der Waals surface area contributed by atoms with Crippen LogP contribution in [0.3, 0.4) is 0 Å². The minimum absolute atomic E-state index is 0.241.